The molecule has 0 aliphatic carbocycles. The highest BCUT2D eigenvalue weighted by molar-refractivity contribution is 14.1. The first-order chi connectivity index (χ1) is 11.4. The summed E-state index contributed by atoms with van der Waals surface area (Å²) in [5.41, 5.74) is -0.890. The molecule has 0 amide bonds. The van der Waals surface area contributed by atoms with Crippen LogP contribution in [0.3, 0.4) is 0 Å². The smallest absolute Gasteiger partial charge is 0.335 e. The summed E-state index contributed by atoms with van der Waals surface area (Å²) < 4.78 is 2.06. The summed E-state index contributed by atoms with van der Waals surface area (Å²) in [6.45, 7) is 1.51. The second kappa shape index (κ2) is 8.25. The number of rotatable bonds is 6. The number of hydrogen-bond donors (Lipinski definition) is 3. The Kier molecular flexibility index (Phi) is 6.32. The second-order valence-corrected chi connectivity index (χ2v) is 6.90. The van der Waals surface area contributed by atoms with Gasteiger partial charge in [0.05, 0.1) is 26.3 Å². The van der Waals surface area contributed by atoms with Gasteiger partial charge in [0.15, 0.2) is 0 Å². The van der Waals surface area contributed by atoms with Gasteiger partial charge in [0.1, 0.15) is 5.56 Å². The summed E-state index contributed by atoms with van der Waals surface area (Å²) in [6, 6.07) is 7.01. The number of aliphatic imine (C=N–C) groups is 1. The van der Waals surface area contributed by atoms with E-state index in [2.05, 4.69) is 46.7 Å². The molecule has 0 saturated carbocycles. The fourth-order valence-corrected chi connectivity index (χ4v) is 2.52. The maximum absolute atomic E-state index is 12.0. The molecular formula is C16H20IN4O3+. The molecule has 0 bridgehead atoms. The van der Waals surface area contributed by atoms with Crippen LogP contribution in [0.1, 0.15) is 12.0 Å². The van der Waals surface area contributed by atoms with Gasteiger partial charge in [-0.2, -0.15) is 0 Å². The zero-order valence-electron chi connectivity index (χ0n) is 13.5. The number of benzene rings is 1. The standard InChI is InChI=1S/C16H19IN4O3/c1-20(2)9-3-8-18-10-13-14(22)19-16(24)21(15(13)23)12-6-4-11(17)5-7-12/h4-7,10,23H,3,8-9H2,1-2H3,(H,19,22,24)/p+1. The summed E-state index contributed by atoms with van der Waals surface area (Å²) in [5.74, 6) is -0.410. The number of nitrogens with zero attached hydrogens (tertiary/aromatic N) is 2. The number of aromatic nitrogens is 2. The minimum absolute atomic E-state index is 0.0228. The lowest BCUT2D eigenvalue weighted by Gasteiger charge is -2.09. The molecule has 0 saturated heterocycles. The minimum Gasteiger partial charge on any atom is -0.493 e. The molecule has 0 spiro atoms. The molecule has 8 heteroatoms. The third-order valence-electron chi connectivity index (χ3n) is 3.39. The molecule has 2 aromatic rings. The van der Waals surface area contributed by atoms with Gasteiger partial charge < -0.3 is 10.0 Å². The normalized spacial score (nSPS) is 11.5. The average Bonchev–Trinajstić information content (AvgIpc) is 2.51. The minimum atomic E-state index is -0.688. The fourth-order valence-electron chi connectivity index (χ4n) is 2.16. The molecular weight excluding hydrogens is 423 g/mol. The molecule has 0 unspecified atom stereocenters. The lowest BCUT2D eigenvalue weighted by Crippen LogP contribution is -3.05. The molecule has 1 aromatic carbocycles. The molecule has 7 nitrogen and oxygen atoms in total. The van der Waals surface area contributed by atoms with E-state index in [0.29, 0.717) is 12.2 Å². The Balaban J connectivity index is 2.34. The molecule has 0 radical (unpaired) electrons. The average molecular weight is 443 g/mol. The van der Waals surface area contributed by atoms with Crippen LogP contribution in [0, 0.1) is 3.57 Å². The van der Waals surface area contributed by atoms with Gasteiger partial charge in [0.2, 0.25) is 5.88 Å². The number of nitrogens with one attached hydrogen (secondary N) is 2. The van der Waals surface area contributed by atoms with Gasteiger partial charge in [-0.1, -0.05) is 0 Å². The number of aromatic amines is 1. The van der Waals surface area contributed by atoms with Gasteiger partial charge in [-0.25, -0.2) is 9.36 Å². The number of quaternary nitrogens is 1. The molecule has 0 atom stereocenters. The van der Waals surface area contributed by atoms with Crippen molar-refractivity contribution in [3.8, 4) is 11.6 Å². The lowest BCUT2D eigenvalue weighted by atomic mass is 10.3. The van der Waals surface area contributed by atoms with E-state index in [4.69, 9.17) is 0 Å². The van der Waals surface area contributed by atoms with Crippen molar-refractivity contribution in [3.05, 3.63) is 54.2 Å². The Bertz CT molecular complexity index is 838. The van der Waals surface area contributed by atoms with E-state index in [0.717, 1.165) is 21.1 Å². The van der Waals surface area contributed by atoms with E-state index in [1.165, 1.54) is 11.1 Å². The Morgan fingerprint density at radius 3 is 2.58 bits per heavy atom. The zero-order chi connectivity index (χ0) is 17.7. The van der Waals surface area contributed by atoms with Crippen LogP contribution in [0.25, 0.3) is 5.69 Å². The molecule has 3 N–H and O–H groups in total. The maximum atomic E-state index is 12.0. The van der Waals surface area contributed by atoms with Crippen molar-refractivity contribution in [2.75, 3.05) is 27.2 Å². The second-order valence-electron chi connectivity index (χ2n) is 5.65. The maximum Gasteiger partial charge on any atom is 0.335 e. The Labute approximate surface area is 152 Å². The third-order valence-corrected chi connectivity index (χ3v) is 4.11. The van der Waals surface area contributed by atoms with Crippen molar-refractivity contribution in [2.45, 2.75) is 6.42 Å². The van der Waals surface area contributed by atoms with Crippen LogP contribution < -0.4 is 16.1 Å². The highest BCUT2D eigenvalue weighted by atomic mass is 127. The summed E-state index contributed by atoms with van der Waals surface area (Å²) in [7, 11) is 4.11. The van der Waals surface area contributed by atoms with Gasteiger partial charge >= 0.3 is 5.69 Å². The van der Waals surface area contributed by atoms with Gasteiger partial charge in [-0.3, -0.25) is 14.8 Å². The van der Waals surface area contributed by atoms with Crippen molar-refractivity contribution in [2.24, 2.45) is 4.99 Å². The van der Waals surface area contributed by atoms with Crippen LogP contribution in [0.4, 0.5) is 0 Å². The van der Waals surface area contributed by atoms with Crippen molar-refractivity contribution < 1.29 is 10.0 Å². The van der Waals surface area contributed by atoms with E-state index in [9.17, 15) is 14.7 Å². The predicted octanol–water partition coefficient (Wildman–Crippen LogP) is -0.210. The van der Waals surface area contributed by atoms with Crippen molar-refractivity contribution in [1.82, 2.24) is 9.55 Å². The fraction of sp³-hybridized carbons (Fsp3) is 0.312. The van der Waals surface area contributed by atoms with Gasteiger partial charge in [0, 0.05) is 22.8 Å². The quantitative estimate of drug-likeness (QED) is 0.328. The van der Waals surface area contributed by atoms with Gasteiger partial charge in [0.25, 0.3) is 5.56 Å². The first kappa shape index (κ1) is 18.4. The number of aromatic hydroxyl groups is 1. The summed E-state index contributed by atoms with van der Waals surface area (Å²) in [4.78, 5) is 31.7. The van der Waals surface area contributed by atoms with Crippen LogP contribution in [-0.4, -0.2) is 48.1 Å². The molecule has 0 aliphatic heterocycles. The number of halogens is 1. The zero-order valence-corrected chi connectivity index (χ0v) is 15.7. The van der Waals surface area contributed by atoms with E-state index in [1.807, 2.05) is 12.1 Å². The lowest BCUT2D eigenvalue weighted by molar-refractivity contribution is -0.858. The Hall–Kier alpha value is -1.94. The van der Waals surface area contributed by atoms with Crippen LogP contribution in [0.15, 0.2) is 38.8 Å². The van der Waals surface area contributed by atoms with Crippen LogP contribution in [0.5, 0.6) is 5.88 Å². The third kappa shape index (κ3) is 4.54. The highest BCUT2D eigenvalue weighted by Gasteiger charge is 2.13. The first-order valence-corrected chi connectivity index (χ1v) is 8.61. The Morgan fingerprint density at radius 1 is 1.29 bits per heavy atom. The summed E-state index contributed by atoms with van der Waals surface area (Å²) >= 11 is 2.15. The van der Waals surface area contributed by atoms with E-state index in [-0.39, 0.29) is 5.56 Å². The summed E-state index contributed by atoms with van der Waals surface area (Å²) in [6.07, 6.45) is 2.19. The largest absolute Gasteiger partial charge is 0.493 e. The monoisotopic (exact) mass is 443 g/mol. The van der Waals surface area contributed by atoms with E-state index >= 15 is 0 Å². The van der Waals surface area contributed by atoms with Crippen molar-refractivity contribution >= 4 is 28.8 Å². The molecule has 2 rings (SSSR count). The first-order valence-electron chi connectivity index (χ1n) is 7.53. The topological polar surface area (TPSA) is 91.9 Å². The number of H-pyrrole nitrogens is 1. The number of hydrogen-bond acceptors (Lipinski definition) is 4. The summed E-state index contributed by atoms with van der Waals surface area (Å²) in [5, 5.41) is 10.4. The SMILES string of the molecule is C[NH+](C)CCCN=Cc1c(O)n(-c2ccc(I)cc2)c(=O)[nH]c1=O. The van der Waals surface area contributed by atoms with Crippen molar-refractivity contribution in [3.63, 3.8) is 0 Å². The molecule has 128 valence electrons. The van der Waals surface area contributed by atoms with Crippen LogP contribution in [-0.2, 0) is 0 Å². The van der Waals surface area contributed by atoms with E-state index in [1.54, 1.807) is 12.1 Å². The molecule has 1 aromatic heterocycles. The molecule has 1 heterocycles. The van der Waals surface area contributed by atoms with Crippen LogP contribution in [0.2, 0.25) is 0 Å². The van der Waals surface area contributed by atoms with Gasteiger partial charge in [-0.15, -0.1) is 0 Å². The van der Waals surface area contributed by atoms with Crippen LogP contribution >= 0.6 is 22.6 Å². The Morgan fingerprint density at radius 2 is 1.96 bits per heavy atom. The van der Waals surface area contributed by atoms with Gasteiger partial charge in [-0.05, 0) is 46.9 Å². The predicted molar refractivity (Wildman–Crippen MR) is 102 cm³/mol. The molecule has 0 aliphatic rings. The molecule has 24 heavy (non-hydrogen) atoms. The highest BCUT2D eigenvalue weighted by Crippen LogP contribution is 2.16. The van der Waals surface area contributed by atoms with Crippen molar-refractivity contribution in [1.29, 1.82) is 0 Å². The molecule has 0 fully saturated rings. The van der Waals surface area contributed by atoms with E-state index < -0.39 is 17.1 Å².